The molecule has 134 valence electrons. The molecular formula is C17H18F3N3O2. The zero-order chi connectivity index (χ0) is 18.6. The molecule has 1 aromatic heterocycles. The highest BCUT2D eigenvalue weighted by atomic mass is 19.4. The van der Waals surface area contributed by atoms with Gasteiger partial charge in [0.25, 0.3) is 0 Å². The summed E-state index contributed by atoms with van der Waals surface area (Å²) in [5, 5.41) is 2.53. The zero-order valence-corrected chi connectivity index (χ0v) is 14.0. The van der Waals surface area contributed by atoms with E-state index in [1.807, 2.05) is 0 Å². The summed E-state index contributed by atoms with van der Waals surface area (Å²) in [6.07, 6.45) is -4.32. The second-order valence-electron chi connectivity index (χ2n) is 5.41. The van der Waals surface area contributed by atoms with Crippen molar-refractivity contribution < 1.29 is 22.7 Å². The first-order chi connectivity index (χ1) is 11.7. The summed E-state index contributed by atoms with van der Waals surface area (Å²) < 4.78 is 43.9. The van der Waals surface area contributed by atoms with Crippen LogP contribution in [0.4, 0.5) is 29.5 Å². The minimum absolute atomic E-state index is 0.216. The summed E-state index contributed by atoms with van der Waals surface area (Å²) in [5.74, 6) is 0.390. The molecule has 0 aliphatic heterocycles. The van der Waals surface area contributed by atoms with Crippen LogP contribution in [-0.2, 0) is 10.9 Å². The average Bonchev–Trinajstić information content (AvgIpc) is 2.53. The quantitative estimate of drug-likeness (QED) is 0.885. The van der Waals surface area contributed by atoms with E-state index in [-0.39, 0.29) is 6.61 Å². The van der Waals surface area contributed by atoms with Crippen LogP contribution in [0.15, 0.2) is 36.5 Å². The molecule has 1 amide bonds. The Kier molecular flexibility index (Phi) is 5.51. The molecule has 0 radical (unpaired) electrons. The highest BCUT2D eigenvalue weighted by Gasteiger charge is 2.32. The number of aromatic nitrogens is 1. The monoisotopic (exact) mass is 353 g/mol. The Morgan fingerprint density at radius 2 is 2.00 bits per heavy atom. The van der Waals surface area contributed by atoms with Crippen LogP contribution in [-0.4, -0.2) is 31.8 Å². The number of carbonyl (C=O) groups is 1. The van der Waals surface area contributed by atoms with Crippen LogP contribution in [0.1, 0.15) is 12.5 Å². The van der Waals surface area contributed by atoms with E-state index in [4.69, 9.17) is 4.74 Å². The summed E-state index contributed by atoms with van der Waals surface area (Å²) >= 11 is 0. The number of benzene rings is 1. The molecule has 1 aromatic carbocycles. The van der Waals surface area contributed by atoms with E-state index in [0.717, 1.165) is 12.3 Å². The second kappa shape index (κ2) is 7.42. The van der Waals surface area contributed by atoms with E-state index in [0.29, 0.717) is 22.6 Å². The number of alkyl halides is 3. The number of halogens is 3. The normalized spacial score (nSPS) is 11.1. The maximum Gasteiger partial charge on any atom is 0.417 e. The predicted octanol–water partition coefficient (Wildman–Crippen LogP) is 4.40. The minimum Gasteiger partial charge on any atom is -0.450 e. The highest BCUT2D eigenvalue weighted by molar-refractivity contribution is 5.87. The van der Waals surface area contributed by atoms with Gasteiger partial charge in [0.15, 0.2) is 0 Å². The molecule has 0 fully saturated rings. The van der Waals surface area contributed by atoms with Crippen LogP contribution in [0.5, 0.6) is 0 Å². The highest BCUT2D eigenvalue weighted by Crippen LogP contribution is 2.36. The third kappa shape index (κ3) is 4.62. The number of ether oxygens (including phenoxy) is 1. The van der Waals surface area contributed by atoms with Gasteiger partial charge in [-0.2, -0.15) is 13.2 Å². The van der Waals surface area contributed by atoms with Crippen molar-refractivity contribution in [2.45, 2.75) is 13.1 Å². The minimum atomic E-state index is -4.49. The Labute approximate surface area is 143 Å². The zero-order valence-electron chi connectivity index (χ0n) is 14.0. The summed E-state index contributed by atoms with van der Waals surface area (Å²) in [4.78, 5) is 17.1. The maximum absolute atomic E-state index is 13.0. The van der Waals surface area contributed by atoms with Gasteiger partial charge in [-0.25, -0.2) is 9.78 Å². The number of rotatable bonds is 4. The van der Waals surface area contributed by atoms with Crippen molar-refractivity contribution >= 4 is 17.6 Å². The fourth-order valence-electron chi connectivity index (χ4n) is 2.23. The van der Waals surface area contributed by atoms with E-state index in [9.17, 15) is 18.0 Å². The molecule has 0 bridgehead atoms. The number of nitrogens with zero attached hydrogens (tertiary/aromatic N) is 2. The van der Waals surface area contributed by atoms with Gasteiger partial charge in [-0.05, 0) is 30.7 Å². The summed E-state index contributed by atoms with van der Waals surface area (Å²) in [6.45, 7) is 1.89. The number of hydrogen-bond acceptors (Lipinski definition) is 4. The van der Waals surface area contributed by atoms with Crippen molar-refractivity contribution in [2.24, 2.45) is 0 Å². The largest absolute Gasteiger partial charge is 0.450 e. The standard InChI is InChI=1S/C17H18F3N3O2/c1-4-25-16(24)22-13-7-5-6-11(8-13)14-9-12(17(18,19)20)10-21-15(14)23(2)3/h5-10H,4H2,1-3H3,(H,22,24). The first-order valence-corrected chi connectivity index (χ1v) is 7.51. The van der Waals surface area contributed by atoms with E-state index >= 15 is 0 Å². The Hall–Kier alpha value is -2.77. The predicted molar refractivity (Wildman–Crippen MR) is 89.6 cm³/mol. The number of amides is 1. The lowest BCUT2D eigenvalue weighted by molar-refractivity contribution is -0.137. The molecule has 0 saturated heterocycles. The molecule has 2 rings (SSSR count). The van der Waals surface area contributed by atoms with E-state index < -0.39 is 17.8 Å². The molecule has 0 aliphatic carbocycles. The summed E-state index contributed by atoms with van der Waals surface area (Å²) in [7, 11) is 3.39. The van der Waals surface area contributed by atoms with Gasteiger partial charge in [0.1, 0.15) is 5.82 Å². The molecule has 0 aliphatic rings. The molecule has 2 aromatic rings. The van der Waals surface area contributed by atoms with Crippen molar-refractivity contribution in [1.82, 2.24) is 4.98 Å². The number of pyridine rings is 1. The van der Waals surface area contributed by atoms with Crippen molar-refractivity contribution in [3.05, 3.63) is 42.1 Å². The first-order valence-electron chi connectivity index (χ1n) is 7.51. The molecule has 0 atom stereocenters. The summed E-state index contributed by atoms with van der Waals surface area (Å²) in [6, 6.07) is 7.53. The summed E-state index contributed by atoms with van der Waals surface area (Å²) in [5.41, 5.74) is 0.388. The van der Waals surface area contributed by atoms with Crippen LogP contribution in [0.2, 0.25) is 0 Å². The lowest BCUT2D eigenvalue weighted by atomic mass is 10.0. The van der Waals surface area contributed by atoms with Gasteiger partial charge in [0.05, 0.1) is 12.2 Å². The Morgan fingerprint density at radius 1 is 1.28 bits per heavy atom. The third-order valence-corrected chi connectivity index (χ3v) is 3.31. The first kappa shape index (κ1) is 18.6. The van der Waals surface area contributed by atoms with E-state index in [2.05, 4.69) is 10.3 Å². The molecule has 8 heteroatoms. The molecule has 0 saturated carbocycles. The Balaban J connectivity index is 2.47. The topological polar surface area (TPSA) is 54.5 Å². The van der Waals surface area contributed by atoms with E-state index in [1.165, 1.54) is 0 Å². The molecule has 0 unspecified atom stereocenters. The van der Waals surface area contributed by atoms with Gasteiger partial charge in [0, 0.05) is 31.5 Å². The molecule has 1 heterocycles. The van der Waals surface area contributed by atoms with Crippen molar-refractivity contribution in [3.8, 4) is 11.1 Å². The van der Waals surface area contributed by atoms with Crippen LogP contribution in [0.25, 0.3) is 11.1 Å². The molecular weight excluding hydrogens is 335 g/mol. The van der Waals surface area contributed by atoms with Gasteiger partial charge in [-0.3, -0.25) is 5.32 Å². The van der Waals surface area contributed by atoms with Gasteiger partial charge < -0.3 is 9.64 Å². The van der Waals surface area contributed by atoms with Crippen molar-refractivity contribution in [2.75, 3.05) is 30.9 Å². The molecule has 1 N–H and O–H groups in total. The molecule has 5 nitrogen and oxygen atoms in total. The van der Waals surface area contributed by atoms with Crippen molar-refractivity contribution in [3.63, 3.8) is 0 Å². The number of anilines is 2. The average molecular weight is 353 g/mol. The van der Waals surface area contributed by atoms with Crippen LogP contribution < -0.4 is 10.2 Å². The van der Waals surface area contributed by atoms with Crippen LogP contribution in [0, 0.1) is 0 Å². The van der Waals surface area contributed by atoms with Crippen molar-refractivity contribution in [1.29, 1.82) is 0 Å². The lowest BCUT2D eigenvalue weighted by Crippen LogP contribution is -2.15. The maximum atomic E-state index is 13.0. The van der Waals surface area contributed by atoms with Crippen LogP contribution >= 0.6 is 0 Å². The number of hydrogen-bond donors (Lipinski definition) is 1. The van der Waals surface area contributed by atoms with E-state index in [1.54, 1.807) is 50.2 Å². The smallest absolute Gasteiger partial charge is 0.417 e. The lowest BCUT2D eigenvalue weighted by Gasteiger charge is -2.18. The molecule has 25 heavy (non-hydrogen) atoms. The number of carbonyl (C=O) groups excluding carboxylic acids is 1. The fourth-order valence-corrected chi connectivity index (χ4v) is 2.23. The fraction of sp³-hybridized carbons (Fsp3) is 0.294. The van der Waals surface area contributed by atoms with Gasteiger partial charge >= 0.3 is 12.3 Å². The number of nitrogens with one attached hydrogen (secondary N) is 1. The van der Waals surface area contributed by atoms with Gasteiger partial charge in [-0.15, -0.1) is 0 Å². The SMILES string of the molecule is CCOC(=O)Nc1cccc(-c2cc(C(F)(F)F)cnc2N(C)C)c1. The Bertz CT molecular complexity index is 761. The Morgan fingerprint density at radius 3 is 2.60 bits per heavy atom. The molecule has 0 spiro atoms. The second-order valence-corrected chi connectivity index (χ2v) is 5.41. The third-order valence-electron chi connectivity index (χ3n) is 3.31. The van der Waals surface area contributed by atoms with Crippen LogP contribution in [0.3, 0.4) is 0 Å². The van der Waals surface area contributed by atoms with Gasteiger partial charge in [0.2, 0.25) is 0 Å². The van der Waals surface area contributed by atoms with Gasteiger partial charge in [-0.1, -0.05) is 12.1 Å².